The van der Waals surface area contributed by atoms with Gasteiger partial charge in [0.25, 0.3) is 0 Å². The molecule has 0 amide bonds. The highest BCUT2D eigenvalue weighted by Gasteiger charge is 2.17. The molecule has 0 saturated carbocycles. The van der Waals surface area contributed by atoms with E-state index in [2.05, 4.69) is 0 Å². The normalized spacial score (nSPS) is 10.5. The summed E-state index contributed by atoms with van der Waals surface area (Å²) in [5.74, 6) is -0.539. The second-order valence-electron chi connectivity index (χ2n) is 4.98. The molecule has 0 N–H and O–H groups in total. The van der Waals surface area contributed by atoms with E-state index in [1.54, 1.807) is 12.1 Å². The smallest absolute Gasteiger partial charge is 0.308 e. The summed E-state index contributed by atoms with van der Waals surface area (Å²) in [7, 11) is 1.45. The third kappa shape index (κ3) is 4.71. The van der Waals surface area contributed by atoms with Gasteiger partial charge < -0.3 is 14.2 Å². The Hall–Kier alpha value is -3.08. The number of rotatable bonds is 5. The lowest BCUT2D eigenvalue weighted by atomic mass is 10.1. The molecule has 0 unspecified atom stereocenters. The van der Waals surface area contributed by atoms with Crippen LogP contribution in [0.25, 0.3) is 12.2 Å². The Morgan fingerprint density at radius 3 is 2.00 bits per heavy atom. The third-order valence-corrected chi connectivity index (χ3v) is 3.03. The SMILES string of the molecule is COc1cc(C=Cc2ccccc2)cc(OC(C)=O)c1OC(C)=O. The van der Waals surface area contributed by atoms with Gasteiger partial charge in [0.05, 0.1) is 7.11 Å². The Morgan fingerprint density at radius 1 is 0.833 bits per heavy atom. The topological polar surface area (TPSA) is 61.8 Å². The molecule has 0 bridgehead atoms. The van der Waals surface area contributed by atoms with Crippen LogP contribution in [0.4, 0.5) is 0 Å². The first-order valence-corrected chi connectivity index (χ1v) is 7.31. The van der Waals surface area contributed by atoms with Gasteiger partial charge in [-0.05, 0) is 23.3 Å². The van der Waals surface area contributed by atoms with Crippen molar-refractivity contribution in [3.05, 3.63) is 53.6 Å². The fourth-order valence-electron chi connectivity index (χ4n) is 2.08. The van der Waals surface area contributed by atoms with Crippen LogP contribution >= 0.6 is 0 Å². The lowest BCUT2D eigenvalue weighted by molar-refractivity contribution is -0.134. The molecular formula is C19H18O5. The second kappa shape index (κ2) is 7.97. The van der Waals surface area contributed by atoms with Gasteiger partial charge in [0.1, 0.15) is 0 Å². The minimum absolute atomic E-state index is 0.0806. The van der Waals surface area contributed by atoms with E-state index >= 15 is 0 Å². The maximum Gasteiger partial charge on any atom is 0.308 e. The molecular weight excluding hydrogens is 308 g/mol. The predicted molar refractivity (Wildman–Crippen MR) is 91.0 cm³/mol. The molecule has 0 radical (unpaired) electrons. The van der Waals surface area contributed by atoms with E-state index in [1.807, 2.05) is 42.5 Å². The zero-order chi connectivity index (χ0) is 17.5. The molecule has 5 heteroatoms. The number of hydrogen-bond acceptors (Lipinski definition) is 5. The van der Waals surface area contributed by atoms with Gasteiger partial charge in [-0.15, -0.1) is 0 Å². The molecule has 2 aromatic rings. The van der Waals surface area contributed by atoms with Crippen LogP contribution in [0, 0.1) is 0 Å². The van der Waals surface area contributed by atoms with Gasteiger partial charge in [-0.25, -0.2) is 0 Å². The van der Waals surface area contributed by atoms with Crippen molar-refractivity contribution in [2.45, 2.75) is 13.8 Å². The van der Waals surface area contributed by atoms with Crippen molar-refractivity contribution >= 4 is 24.1 Å². The minimum Gasteiger partial charge on any atom is -0.493 e. The Bertz CT molecular complexity index is 763. The summed E-state index contributed by atoms with van der Waals surface area (Å²) in [5, 5.41) is 0. The zero-order valence-electron chi connectivity index (χ0n) is 13.7. The van der Waals surface area contributed by atoms with Crippen LogP contribution in [0.1, 0.15) is 25.0 Å². The molecule has 0 spiro atoms. The number of benzene rings is 2. The van der Waals surface area contributed by atoms with Crippen molar-refractivity contribution < 1.29 is 23.8 Å². The molecule has 0 saturated heterocycles. The van der Waals surface area contributed by atoms with Gasteiger partial charge in [0, 0.05) is 13.8 Å². The van der Waals surface area contributed by atoms with Crippen LogP contribution in [0.15, 0.2) is 42.5 Å². The highest BCUT2D eigenvalue weighted by molar-refractivity contribution is 5.78. The highest BCUT2D eigenvalue weighted by atomic mass is 16.6. The van der Waals surface area contributed by atoms with Gasteiger partial charge in [0.2, 0.25) is 5.75 Å². The first-order chi connectivity index (χ1) is 11.5. The van der Waals surface area contributed by atoms with Crippen molar-refractivity contribution in [2.75, 3.05) is 7.11 Å². The average Bonchev–Trinajstić information content (AvgIpc) is 2.54. The number of carbonyl (C=O) groups is 2. The van der Waals surface area contributed by atoms with Crippen LogP contribution in [-0.4, -0.2) is 19.0 Å². The van der Waals surface area contributed by atoms with E-state index in [1.165, 1.54) is 21.0 Å². The number of hydrogen-bond donors (Lipinski definition) is 0. The molecule has 0 aromatic heterocycles. The van der Waals surface area contributed by atoms with Crippen LogP contribution in [0.5, 0.6) is 17.2 Å². The molecule has 0 heterocycles. The third-order valence-electron chi connectivity index (χ3n) is 3.03. The summed E-state index contributed by atoms with van der Waals surface area (Å²) in [6.07, 6.45) is 3.76. The Kier molecular flexibility index (Phi) is 5.73. The first-order valence-electron chi connectivity index (χ1n) is 7.31. The largest absolute Gasteiger partial charge is 0.493 e. The van der Waals surface area contributed by atoms with Crippen molar-refractivity contribution in [3.63, 3.8) is 0 Å². The summed E-state index contributed by atoms with van der Waals surface area (Å²) in [4.78, 5) is 22.6. The number of ether oxygens (including phenoxy) is 3. The summed E-state index contributed by atoms with van der Waals surface area (Å²) in [5.41, 5.74) is 1.76. The number of esters is 2. The first kappa shape index (κ1) is 17.3. The van der Waals surface area contributed by atoms with E-state index < -0.39 is 11.9 Å². The van der Waals surface area contributed by atoms with E-state index in [4.69, 9.17) is 14.2 Å². The van der Waals surface area contributed by atoms with Crippen molar-refractivity contribution in [1.29, 1.82) is 0 Å². The van der Waals surface area contributed by atoms with E-state index in [-0.39, 0.29) is 11.5 Å². The van der Waals surface area contributed by atoms with Gasteiger partial charge in [-0.1, -0.05) is 42.5 Å². The van der Waals surface area contributed by atoms with Gasteiger partial charge in [0.15, 0.2) is 11.5 Å². The van der Waals surface area contributed by atoms with Gasteiger partial charge in [-0.2, -0.15) is 0 Å². The predicted octanol–water partition coefficient (Wildman–Crippen LogP) is 3.72. The minimum atomic E-state index is -0.533. The van der Waals surface area contributed by atoms with Crippen LogP contribution in [0.3, 0.4) is 0 Å². The highest BCUT2D eigenvalue weighted by Crippen LogP contribution is 2.39. The fourth-order valence-corrected chi connectivity index (χ4v) is 2.08. The molecule has 2 aromatic carbocycles. The molecule has 0 aliphatic heterocycles. The lowest BCUT2D eigenvalue weighted by Gasteiger charge is -2.13. The van der Waals surface area contributed by atoms with E-state index in [0.717, 1.165) is 11.1 Å². The molecule has 2 rings (SSSR count). The molecule has 0 aliphatic carbocycles. The second-order valence-corrected chi connectivity index (χ2v) is 4.98. The quantitative estimate of drug-likeness (QED) is 0.476. The monoisotopic (exact) mass is 326 g/mol. The molecule has 0 aliphatic rings. The van der Waals surface area contributed by atoms with Crippen LogP contribution in [-0.2, 0) is 9.59 Å². The lowest BCUT2D eigenvalue weighted by Crippen LogP contribution is -2.08. The van der Waals surface area contributed by atoms with Crippen molar-refractivity contribution in [3.8, 4) is 17.2 Å². The van der Waals surface area contributed by atoms with Crippen LogP contribution in [0.2, 0.25) is 0 Å². The Labute approximate surface area is 140 Å². The molecule has 0 fully saturated rings. The fraction of sp³-hybridized carbons (Fsp3) is 0.158. The molecule has 124 valence electrons. The van der Waals surface area contributed by atoms with Crippen LogP contribution < -0.4 is 14.2 Å². The molecule has 0 atom stereocenters. The number of carbonyl (C=O) groups excluding carboxylic acids is 2. The Balaban J connectivity index is 2.44. The molecule has 5 nitrogen and oxygen atoms in total. The summed E-state index contributed by atoms with van der Waals surface area (Å²) in [6, 6.07) is 13.1. The zero-order valence-corrected chi connectivity index (χ0v) is 13.7. The van der Waals surface area contributed by atoms with E-state index in [9.17, 15) is 9.59 Å². The van der Waals surface area contributed by atoms with Gasteiger partial charge >= 0.3 is 11.9 Å². The average molecular weight is 326 g/mol. The number of methoxy groups -OCH3 is 1. The van der Waals surface area contributed by atoms with Crippen molar-refractivity contribution in [1.82, 2.24) is 0 Å². The maximum absolute atomic E-state index is 11.3. The maximum atomic E-state index is 11.3. The molecule has 24 heavy (non-hydrogen) atoms. The summed E-state index contributed by atoms with van der Waals surface area (Å²) in [6.45, 7) is 2.54. The standard InChI is InChI=1S/C19H18O5/c1-13(20)23-18-12-16(10-9-15-7-5-4-6-8-15)11-17(22-3)19(18)24-14(2)21/h4-12H,1-3H3. The van der Waals surface area contributed by atoms with Gasteiger partial charge in [-0.3, -0.25) is 9.59 Å². The summed E-state index contributed by atoms with van der Waals surface area (Å²) >= 11 is 0. The Morgan fingerprint density at radius 2 is 1.42 bits per heavy atom. The van der Waals surface area contributed by atoms with E-state index in [0.29, 0.717) is 5.75 Å². The summed E-state index contributed by atoms with van der Waals surface area (Å²) < 4.78 is 15.5. The van der Waals surface area contributed by atoms with Crippen molar-refractivity contribution in [2.24, 2.45) is 0 Å².